The van der Waals surface area contributed by atoms with Crippen molar-refractivity contribution in [3.63, 3.8) is 0 Å². The van der Waals surface area contributed by atoms with Crippen LogP contribution < -0.4 is 0 Å². The number of hydrogen-bond donors (Lipinski definition) is 0. The Kier molecular flexibility index (Phi) is 3.53. The molecule has 0 aromatic carbocycles. The van der Waals surface area contributed by atoms with Crippen molar-refractivity contribution in [1.29, 1.82) is 0 Å². The van der Waals surface area contributed by atoms with Gasteiger partial charge in [0.1, 0.15) is 0 Å². The lowest BCUT2D eigenvalue weighted by atomic mass is 10.1. The first-order valence-electron chi connectivity index (χ1n) is 5.22. The van der Waals surface area contributed by atoms with E-state index >= 15 is 0 Å². The zero-order valence-corrected chi connectivity index (χ0v) is 9.93. The van der Waals surface area contributed by atoms with Crippen LogP contribution in [0.4, 0.5) is 0 Å². The minimum absolute atomic E-state index is 0.0442. The van der Waals surface area contributed by atoms with E-state index in [1.807, 2.05) is 6.92 Å². The molecule has 0 radical (unpaired) electrons. The van der Waals surface area contributed by atoms with Crippen molar-refractivity contribution in [2.75, 3.05) is 6.61 Å². The van der Waals surface area contributed by atoms with Crippen molar-refractivity contribution in [3.05, 3.63) is 0 Å². The molecule has 13 heavy (non-hydrogen) atoms. The van der Waals surface area contributed by atoms with Gasteiger partial charge in [-0.3, -0.25) is 4.79 Å². The molecule has 1 rings (SSSR count). The molecule has 0 bridgehead atoms. The molecule has 1 saturated heterocycles. The zero-order valence-electron chi connectivity index (χ0n) is 8.93. The summed E-state index contributed by atoms with van der Waals surface area (Å²) in [5.41, 5.74) is 0. The number of carbonyl (C=O) groups is 1. The zero-order chi connectivity index (χ0) is 9.90. The quantitative estimate of drug-likeness (QED) is 0.506. The van der Waals surface area contributed by atoms with Gasteiger partial charge in [0, 0.05) is 8.07 Å². The minimum atomic E-state index is -1.05. The molecule has 1 aliphatic heterocycles. The van der Waals surface area contributed by atoms with Gasteiger partial charge in [0.15, 0.2) is 0 Å². The fraction of sp³-hybridized carbons (Fsp3) is 0.900. The third-order valence-electron chi connectivity index (χ3n) is 2.83. The number of rotatable bonds is 2. The highest BCUT2D eigenvalue weighted by molar-refractivity contribution is 6.77. The number of hydrogen-bond acceptors (Lipinski definition) is 2. The Balaban J connectivity index is 2.47. The average molecular weight is 200 g/mol. The van der Waals surface area contributed by atoms with Crippen LogP contribution in [-0.2, 0) is 9.53 Å². The Bertz CT molecular complexity index is 189. The van der Waals surface area contributed by atoms with Crippen LogP contribution in [0.1, 0.15) is 19.8 Å². The molecule has 0 saturated carbocycles. The van der Waals surface area contributed by atoms with E-state index in [0.29, 0.717) is 6.61 Å². The van der Waals surface area contributed by atoms with Crippen LogP contribution in [0, 0.1) is 5.92 Å². The summed E-state index contributed by atoms with van der Waals surface area (Å²) in [6.07, 6.45) is 2.28. The number of carbonyl (C=O) groups excluding carboxylic acids is 1. The van der Waals surface area contributed by atoms with Gasteiger partial charge in [-0.15, -0.1) is 0 Å². The Morgan fingerprint density at radius 3 is 2.77 bits per heavy atom. The first-order chi connectivity index (χ1) is 6.05. The van der Waals surface area contributed by atoms with Crippen LogP contribution in [0.2, 0.25) is 25.2 Å². The van der Waals surface area contributed by atoms with Gasteiger partial charge in [-0.05, 0) is 19.4 Å². The van der Waals surface area contributed by atoms with E-state index in [2.05, 4.69) is 13.1 Å². The summed E-state index contributed by atoms with van der Waals surface area (Å²) < 4.78 is 5.06. The molecular formula is C10H20O2Si. The summed E-state index contributed by atoms with van der Waals surface area (Å²) in [5.74, 6) is 0.262. The second kappa shape index (κ2) is 4.27. The molecule has 0 aromatic rings. The lowest BCUT2D eigenvalue weighted by Gasteiger charge is -2.32. The lowest BCUT2D eigenvalue weighted by molar-refractivity contribution is -0.147. The molecule has 0 amide bonds. The average Bonchev–Trinajstić information content (AvgIpc) is 2.03. The van der Waals surface area contributed by atoms with Crippen LogP contribution in [-0.4, -0.2) is 20.7 Å². The van der Waals surface area contributed by atoms with E-state index in [0.717, 1.165) is 12.5 Å². The Morgan fingerprint density at radius 2 is 2.23 bits per heavy atom. The van der Waals surface area contributed by atoms with Gasteiger partial charge < -0.3 is 4.74 Å². The summed E-state index contributed by atoms with van der Waals surface area (Å²) in [6, 6.07) is 2.51. The van der Waals surface area contributed by atoms with Gasteiger partial charge in [-0.2, -0.15) is 0 Å². The number of ether oxygens (including phenoxy) is 1. The smallest absolute Gasteiger partial charge is 0.308 e. The van der Waals surface area contributed by atoms with Gasteiger partial charge >= 0.3 is 5.97 Å². The lowest BCUT2D eigenvalue weighted by Crippen LogP contribution is -2.36. The maximum Gasteiger partial charge on any atom is 0.308 e. The molecule has 3 heteroatoms. The molecule has 1 atom stereocenters. The Morgan fingerprint density at radius 1 is 1.54 bits per heavy atom. The Hall–Kier alpha value is -0.313. The molecule has 1 fully saturated rings. The second-order valence-electron chi connectivity index (χ2n) is 4.71. The van der Waals surface area contributed by atoms with E-state index in [-0.39, 0.29) is 11.9 Å². The van der Waals surface area contributed by atoms with Gasteiger partial charge in [0.2, 0.25) is 0 Å². The standard InChI is InChI=1S/C10H20O2Si/c1-4-12-10(11)9-6-5-7-13(2,3)8-9/h9H,4-8H2,1-3H3/t9-/m0/s1. The Labute approximate surface area is 81.7 Å². The van der Waals surface area contributed by atoms with Crippen LogP contribution in [0.5, 0.6) is 0 Å². The van der Waals surface area contributed by atoms with Crippen molar-refractivity contribution in [2.24, 2.45) is 5.92 Å². The van der Waals surface area contributed by atoms with Crippen molar-refractivity contribution >= 4 is 14.0 Å². The number of esters is 1. The monoisotopic (exact) mass is 200 g/mol. The SMILES string of the molecule is CCOC(=O)[C@H]1CCC[Si](C)(C)C1. The van der Waals surface area contributed by atoms with Crippen LogP contribution >= 0.6 is 0 Å². The molecule has 0 unspecified atom stereocenters. The van der Waals surface area contributed by atoms with Crippen LogP contribution in [0.15, 0.2) is 0 Å². The fourth-order valence-corrected chi connectivity index (χ4v) is 5.23. The summed E-state index contributed by atoms with van der Waals surface area (Å²) >= 11 is 0. The largest absolute Gasteiger partial charge is 0.466 e. The first kappa shape index (κ1) is 10.8. The van der Waals surface area contributed by atoms with Crippen molar-refractivity contribution in [2.45, 2.75) is 44.9 Å². The highest BCUT2D eigenvalue weighted by Crippen LogP contribution is 2.33. The van der Waals surface area contributed by atoms with E-state index < -0.39 is 8.07 Å². The molecular weight excluding hydrogens is 180 g/mol. The minimum Gasteiger partial charge on any atom is -0.466 e. The van der Waals surface area contributed by atoms with Crippen molar-refractivity contribution in [3.8, 4) is 0 Å². The van der Waals surface area contributed by atoms with E-state index in [4.69, 9.17) is 4.74 Å². The first-order valence-corrected chi connectivity index (χ1v) is 8.63. The maximum absolute atomic E-state index is 11.5. The van der Waals surface area contributed by atoms with Gasteiger partial charge in [-0.1, -0.05) is 25.6 Å². The molecule has 76 valence electrons. The molecule has 0 aromatic heterocycles. The van der Waals surface area contributed by atoms with E-state index in [9.17, 15) is 4.79 Å². The summed E-state index contributed by atoms with van der Waals surface area (Å²) in [4.78, 5) is 11.5. The van der Waals surface area contributed by atoms with Gasteiger partial charge in [0.05, 0.1) is 12.5 Å². The van der Waals surface area contributed by atoms with E-state index in [1.54, 1.807) is 0 Å². The molecule has 2 nitrogen and oxygen atoms in total. The summed E-state index contributed by atoms with van der Waals surface area (Å²) in [6.45, 7) is 7.15. The highest BCUT2D eigenvalue weighted by atomic mass is 28.3. The van der Waals surface area contributed by atoms with Crippen LogP contribution in [0.3, 0.4) is 0 Å². The second-order valence-corrected chi connectivity index (χ2v) is 9.95. The van der Waals surface area contributed by atoms with Gasteiger partial charge in [-0.25, -0.2) is 0 Å². The topological polar surface area (TPSA) is 26.3 Å². The fourth-order valence-electron chi connectivity index (χ4n) is 2.16. The molecule has 1 heterocycles. The molecule has 1 aliphatic rings. The van der Waals surface area contributed by atoms with Crippen LogP contribution in [0.25, 0.3) is 0 Å². The molecule has 0 spiro atoms. The predicted octanol–water partition coefficient (Wildman–Crippen LogP) is 2.67. The normalized spacial score (nSPS) is 26.8. The molecule has 0 N–H and O–H groups in total. The molecule has 0 aliphatic carbocycles. The van der Waals surface area contributed by atoms with E-state index in [1.165, 1.54) is 12.5 Å². The van der Waals surface area contributed by atoms with Gasteiger partial charge in [0.25, 0.3) is 0 Å². The maximum atomic E-state index is 11.5. The third-order valence-corrected chi connectivity index (χ3v) is 6.13. The highest BCUT2D eigenvalue weighted by Gasteiger charge is 2.33. The summed E-state index contributed by atoms with van der Waals surface area (Å²) in [7, 11) is -1.05. The predicted molar refractivity (Wildman–Crippen MR) is 56.5 cm³/mol. The summed E-state index contributed by atoms with van der Waals surface area (Å²) in [5, 5.41) is 0. The van der Waals surface area contributed by atoms with Crippen molar-refractivity contribution in [1.82, 2.24) is 0 Å². The third kappa shape index (κ3) is 3.14. The van der Waals surface area contributed by atoms with Crippen molar-refractivity contribution < 1.29 is 9.53 Å².